The molecule has 2 fully saturated rings. The second-order valence-electron chi connectivity index (χ2n) is 8.88. The van der Waals surface area contributed by atoms with Crippen molar-refractivity contribution in [3.05, 3.63) is 65.7 Å². The van der Waals surface area contributed by atoms with Gasteiger partial charge in [-0.2, -0.15) is 0 Å². The van der Waals surface area contributed by atoms with Crippen LogP contribution in [0.4, 0.5) is 10.5 Å². The molecule has 0 atom stereocenters. The molecular formula is C26H37N5O2. The molecule has 0 aromatic heterocycles. The maximum Gasteiger partial charge on any atom is 0.319 e. The van der Waals surface area contributed by atoms with Gasteiger partial charge in [-0.3, -0.25) is 9.80 Å². The molecule has 2 saturated heterocycles. The normalized spacial score (nSPS) is 18.2. The summed E-state index contributed by atoms with van der Waals surface area (Å²) in [6, 6.07) is 18.6. The quantitative estimate of drug-likeness (QED) is 0.574. The lowest BCUT2D eigenvalue weighted by Crippen LogP contribution is -2.46. The number of benzene rings is 2. The summed E-state index contributed by atoms with van der Waals surface area (Å²) in [5, 5.41) is 6.06. The topological polar surface area (TPSA) is 60.1 Å². The molecule has 0 spiro atoms. The lowest BCUT2D eigenvalue weighted by molar-refractivity contribution is 0.0343. The van der Waals surface area contributed by atoms with Gasteiger partial charge in [0.05, 0.1) is 13.2 Å². The number of para-hydroxylation sites is 1. The van der Waals surface area contributed by atoms with E-state index in [-0.39, 0.29) is 6.03 Å². The Balaban J connectivity index is 1.12. The molecule has 7 nitrogen and oxygen atoms in total. The highest BCUT2D eigenvalue weighted by Crippen LogP contribution is 2.18. The molecule has 0 aliphatic carbocycles. The van der Waals surface area contributed by atoms with Crippen molar-refractivity contribution in [2.45, 2.75) is 19.5 Å². The smallest absolute Gasteiger partial charge is 0.319 e. The number of nitrogens with zero attached hydrogens (tertiary/aromatic N) is 3. The molecule has 4 rings (SSSR count). The summed E-state index contributed by atoms with van der Waals surface area (Å²) >= 11 is 0. The molecule has 7 heteroatoms. The summed E-state index contributed by atoms with van der Waals surface area (Å²) in [5.41, 5.74) is 3.41. The Bertz CT molecular complexity index is 849. The molecule has 2 N–H and O–H groups in total. The van der Waals surface area contributed by atoms with E-state index in [4.69, 9.17) is 4.74 Å². The molecular weight excluding hydrogens is 414 g/mol. The Hall–Kier alpha value is -2.45. The Morgan fingerprint density at radius 3 is 2.24 bits per heavy atom. The number of piperazine rings is 1. The van der Waals surface area contributed by atoms with Crippen LogP contribution in [0.2, 0.25) is 0 Å². The van der Waals surface area contributed by atoms with Crippen molar-refractivity contribution in [1.82, 2.24) is 20.0 Å². The first-order chi connectivity index (χ1) is 16.3. The number of carbonyl (C=O) groups is 1. The molecule has 2 aliphatic heterocycles. The van der Waals surface area contributed by atoms with Crippen molar-refractivity contribution in [2.75, 3.05) is 70.9 Å². The van der Waals surface area contributed by atoms with E-state index >= 15 is 0 Å². The van der Waals surface area contributed by atoms with E-state index in [1.165, 1.54) is 5.56 Å². The van der Waals surface area contributed by atoms with Crippen LogP contribution in [0.15, 0.2) is 54.6 Å². The Morgan fingerprint density at radius 2 is 1.45 bits per heavy atom. The monoisotopic (exact) mass is 451 g/mol. The van der Waals surface area contributed by atoms with Gasteiger partial charge in [0.1, 0.15) is 0 Å². The first-order valence-corrected chi connectivity index (χ1v) is 12.2. The van der Waals surface area contributed by atoms with Gasteiger partial charge in [0.15, 0.2) is 0 Å². The largest absolute Gasteiger partial charge is 0.379 e. The predicted octanol–water partition coefficient (Wildman–Crippen LogP) is 2.85. The Kier molecular flexibility index (Phi) is 9.12. The molecule has 2 aromatic rings. The number of carbonyl (C=O) groups excluding carboxylic acids is 1. The van der Waals surface area contributed by atoms with Crippen LogP contribution in [0, 0.1) is 0 Å². The molecule has 2 amide bonds. The lowest BCUT2D eigenvalue weighted by Gasteiger charge is -2.34. The molecule has 178 valence electrons. The van der Waals surface area contributed by atoms with E-state index in [2.05, 4.69) is 61.7 Å². The van der Waals surface area contributed by atoms with Crippen molar-refractivity contribution >= 4 is 11.7 Å². The molecule has 0 radical (unpaired) electrons. The van der Waals surface area contributed by atoms with Crippen LogP contribution in [0.5, 0.6) is 0 Å². The first kappa shape index (κ1) is 23.7. The molecule has 2 aliphatic rings. The second kappa shape index (κ2) is 12.7. The highest BCUT2D eigenvalue weighted by Gasteiger charge is 2.17. The van der Waals surface area contributed by atoms with Gasteiger partial charge in [-0.15, -0.1) is 0 Å². The van der Waals surface area contributed by atoms with Gasteiger partial charge in [0.2, 0.25) is 0 Å². The number of ether oxygens (including phenoxy) is 1. The van der Waals surface area contributed by atoms with E-state index in [9.17, 15) is 4.79 Å². The van der Waals surface area contributed by atoms with E-state index in [0.29, 0.717) is 6.54 Å². The van der Waals surface area contributed by atoms with E-state index in [0.717, 1.165) is 89.8 Å². The molecule has 0 unspecified atom stereocenters. The van der Waals surface area contributed by atoms with Gasteiger partial charge < -0.3 is 20.3 Å². The Morgan fingerprint density at radius 1 is 0.788 bits per heavy atom. The number of hydrogen-bond acceptors (Lipinski definition) is 5. The molecule has 0 saturated carbocycles. The average molecular weight is 452 g/mol. The maximum absolute atomic E-state index is 12.4. The number of urea groups is 1. The number of amides is 2. The van der Waals surface area contributed by atoms with E-state index in [1.54, 1.807) is 0 Å². The molecule has 2 aromatic carbocycles. The second-order valence-corrected chi connectivity index (χ2v) is 8.88. The summed E-state index contributed by atoms with van der Waals surface area (Å²) in [6.07, 6.45) is 0.960. The average Bonchev–Trinajstić information content (AvgIpc) is 2.85. The van der Waals surface area contributed by atoms with Crippen molar-refractivity contribution in [1.29, 1.82) is 0 Å². The van der Waals surface area contributed by atoms with Crippen LogP contribution >= 0.6 is 0 Å². The third-order valence-electron chi connectivity index (χ3n) is 6.41. The number of morpholine rings is 1. The van der Waals surface area contributed by atoms with Crippen LogP contribution < -0.4 is 10.6 Å². The highest BCUT2D eigenvalue weighted by atomic mass is 16.5. The van der Waals surface area contributed by atoms with Gasteiger partial charge in [0, 0.05) is 64.6 Å². The van der Waals surface area contributed by atoms with Crippen molar-refractivity contribution in [2.24, 2.45) is 0 Å². The zero-order valence-corrected chi connectivity index (χ0v) is 19.5. The number of nitrogens with one attached hydrogen (secondary N) is 2. The lowest BCUT2D eigenvalue weighted by atomic mass is 10.1. The zero-order valence-electron chi connectivity index (χ0n) is 19.5. The molecule has 0 bridgehead atoms. The Labute approximate surface area is 197 Å². The maximum atomic E-state index is 12.4. The minimum atomic E-state index is -0.128. The summed E-state index contributed by atoms with van der Waals surface area (Å²) in [4.78, 5) is 19.8. The van der Waals surface area contributed by atoms with Crippen molar-refractivity contribution < 1.29 is 9.53 Å². The van der Waals surface area contributed by atoms with Crippen LogP contribution in [-0.4, -0.2) is 86.3 Å². The van der Waals surface area contributed by atoms with Gasteiger partial charge in [-0.25, -0.2) is 4.79 Å². The first-order valence-electron chi connectivity index (χ1n) is 12.2. The fourth-order valence-corrected chi connectivity index (χ4v) is 4.46. The minimum absolute atomic E-state index is 0.128. The molecule has 33 heavy (non-hydrogen) atoms. The zero-order chi connectivity index (χ0) is 22.7. The highest BCUT2D eigenvalue weighted by molar-refractivity contribution is 5.90. The number of rotatable bonds is 9. The minimum Gasteiger partial charge on any atom is -0.379 e. The van der Waals surface area contributed by atoms with Crippen LogP contribution in [0.25, 0.3) is 0 Å². The van der Waals surface area contributed by atoms with E-state index < -0.39 is 0 Å². The summed E-state index contributed by atoms with van der Waals surface area (Å²) in [5.74, 6) is 0. The van der Waals surface area contributed by atoms with Crippen LogP contribution in [0.3, 0.4) is 0 Å². The van der Waals surface area contributed by atoms with Gasteiger partial charge in [0.25, 0.3) is 0 Å². The van der Waals surface area contributed by atoms with Crippen LogP contribution in [0.1, 0.15) is 17.5 Å². The summed E-state index contributed by atoms with van der Waals surface area (Å²) in [6.45, 7) is 11.4. The molecule has 2 heterocycles. The van der Waals surface area contributed by atoms with Crippen molar-refractivity contribution in [3.63, 3.8) is 0 Å². The van der Waals surface area contributed by atoms with Gasteiger partial charge in [-0.05, 0) is 30.2 Å². The SMILES string of the molecule is O=C(NCCCN1CCN(Cc2ccccc2)CC1)Nc1ccccc1CN1CCOCC1. The number of anilines is 1. The standard InChI is InChI=1S/C26H37N5O2/c32-26(28-25-10-5-4-9-24(25)22-31-17-19-33-20-18-31)27-11-6-12-29-13-15-30(16-14-29)21-23-7-2-1-3-8-23/h1-5,7-10H,6,11-22H2,(H2,27,28,32). The van der Waals surface area contributed by atoms with E-state index in [1.807, 2.05) is 18.2 Å². The fraction of sp³-hybridized carbons (Fsp3) is 0.500. The third-order valence-corrected chi connectivity index (χ3v) is 6.41. The number of hydrogen-bond donors (Lipinski definition) is 2. The third kappa shape index (κ3) is 7.82. The van der Waals surface area contributed by atoms with Crippen molar-refractivity contribution in [3.8, 4) is 0 Å². The fourth-order valence-electron chi connectivity index (χ4n) is 4.46. The summed E-state index contributed by atoms with van der Waals surface area (Å²) < 4.78 is 5.43. The predicted molar refractivity (Wildman–Crippen MR) is 132 cm³/mol. The van der Waals surface area contributed by atoms with Gasteiger partial charge in [-0.1, -0.05) is 48.5 Å². The van der Waals surface area contributed by atoms with Crippen LogP contribution in [-0.2, 0) is 17.8 Å². The summed E-state index contributed by atoms with van der Waals surface area (Å²) in [7, 11) is 0. The van der Waals surface area contributed by atoms with Gasteiger partial charge >= 0.3 is 6.03 Å².